The Morgan fingerprint density at radius 2 is 1.79 bits per heavy atom. The largest absolute Gasteiger partial charge is 0.397 e. The smallest absolute Gasteiger partial charge is 0.0618 e. The van der Waals surface area contributed by atoms with Gasteiger partial charge in [0.15, 0.2) is 0 Å². The first kappa shape index (κ1) is 13.9. The van der Waals surface area contributed by atoms with E-state index in [-0.39, 0.29) is 0 Å². The number of nitrogens with one attached hydrogen (secondary N) is 1. The normalized spacial score (nSPS) is 10.8. The van der Waals surface area contributed by atoms with E-state index in [0.29, 0.717) is 5.92 Å². The quantitative estimate of drug-likeness (QED) is 0.762. The summed E-state index contributed by atoms with van der Waals surface area (Å²) in [6.07, 6.45) is 0. The summed E-state index contributed by atoms with van der Waals surface area (Å²) in [5, 5.41) is 3.42. The predicted molar refractivity (Wildman–Crippen MR) is 87.1 cm³/mol. The molecule has 2 nitrogen and oxygen atoms in total. The van der Waals surface area contributed by atoms with Gasteiger partial charge in [-0.15, -0.1) is 0 Å². The molecule has 3 N–H and O–H groups in total. The molecule has 0 fully saturated rings. The fourth-order valence-corrected chi connectivity index (χ4v) is 2.30. The van der Waals surface area contributed by atoms with Crippen molar-refractivity contribution in [3.8, 4) is 0 Å². The summed E-state index contributed by atoms with van der Waals surface area (Å²) in [5.41, 5.74) is 11.4. The van der Waals surface area contributed by atoms with Crippen LogP contribution in [0.3, 0.4) is 0 Å². The van der Waals surface area contributed by atoms with Crippen LogP contribution in [0, 0.1) is 6.92 Å². The van der Waals surface area contributed by atoms with Crippen molar-refractivity contribution in [2.75, 3.05) is 11.1 Å². The number of hydrogen-bond acceptors (Lipinski definition) is 2. The monoisotopic (exact) mass is 318 g/mol. The number of nitrogen functional groups attached to an aromatic ring is 1. The lowest BCUT2D eigenvalue weighted by atomic mass is 10.0. The van der Waals surface area contributed by atoms with Gasteiger partial charge in [-0.1, -0.05) is 41.9 Å². The summed E-state index contributed by atoms with van der Waals surface area (Å²) in [6, 6.07) is 12.4. The van der Waals surface area contributed by atoms with Crippen LogP contribution < -0.4 is 11.1 Å². The van der Waals surface area contributed by atoms with Crippen molar-refractivity contribution in [1.82, 2.24) is 0 Å². The van der Waals surface area contributed by atoms with Gasteiger partial charge in [0.25, 0.3) is 0 Å². The molecule has 0 saturated carbocycles. The van der Waals surface area contributed by atoms with E-state index < -0.39 is 0 Å². The van der Waals surface area contributed by atoms with Crippen LogP contribution in [0.25, 0.3) is 0 Å². The van der Waals surface area contributed by atoms with Gasteiger partial charge in [-0.3, -0.25) is 0 Å². The summed E-state index contributed by atoms with van der Waals surface area (Å²) in [5.74, 6) is 0.517. The molecule has 2 aromatic carbocycles. The first-order valence-electron chi connectivity index (χ1n) is 6.40. The summed E-state index contributed by atoms with van der Waals surface area (Å²) >= 11 is 3.42. The highest BCUT2D eigenvalue weighted by atomic mass is 79.9. The molecule has 0 saturated heterocycles. The van der Waals surface area contributed by atoms with E-state index in [9.17, 15) is 0 Å². The van der Waals surface area contributed by atoms with Crippen molar-refractivity contribution >= 4 is 33.0 Å². The van der Waals surface area contributed by atoms with E-state index in [1.165, 1.54) is 11.1 Å². The molecule has 19 heavy (non-hydrogen) atoms. The summed E-state index contributed by atoms with van der Waals surface area (Å²) in [6.45, 7) is 6.49. The lowest BCUT2D eigenvalue weighted by Gasteiger charge is -2.15. The Bertz CT molecular complexity index is 591. The minimum absolute atomic E-state index is 0.517. The van der Waals surface area contributed by atoms with Crippen LogP contribution in [0.5, 0.6) is 0 Å². The van der Waals surface area contributed by atoms with E-state index in [0.717, 1.165) is 21.5 Å². The highest BCUT2D eigenvalue weighted by Gasteiger charge is 2.06. The van der Waals surface area contributed by atoms with Gasteiger partial charge in [0.05, 0.1) is 11.4 Å². The molecule has 0 aromatic heterocycles. The zero-order valence-electron chi connectivity index (χ0n) is 11.5. The minimum Gasteiger partial charge on any atom is -0.397 e. The van der Waals surface area contributed by atoms with Crippen LogP contribution in [0.2, 0.25) is 0 Å². The van der Waals surface area contributed by atoms with Crippen LogP contribution in [0.15, 0.2) is 40.9 Å². The first-order chi connectivity index (χ1) is 8.97. The second kappa shape index (κ2) is 5.66. The molecule has 2 aromatic rings. The lowest BCUT2D eigenvalue weighted by Crippen LogP contribution is -1.99. The van der Waals surface area contributed by atoms with Crippen molar-refractivity contribution in [3.63, 3.8) is 0 Å². The summed E-state index contributed by atoms with van der Waals surface area (Å²) in [7, 11) is 0. The molecule has 0 aliphatic carbocycles. The Morgan fingerprint density at radius 3 is 2.42 bits per heavy atom. The minimum atomic E-state index is 0.517. The fourth-order valence-electron chi connectivity index (χ4n) is 1.93. The average Bonchev–Trinajstić information content (AvgIpc) is 2.34. The zero-order chi connectivity index (χ0) is 14.0. The molecular formula is C16H19BrN2. The topological polar surface area (TPSA) is 38.0 Å². The van der Waals surface area contributed by atoms with Crippen molar-refractivity contribution in [3.05, 3.63) is 52.0 Å². The van der Waals surface area contributed by atoms with Gasteiger partial charge in [0.2, 0.25) is 0 Å². The second-order valence-electron chi connectivity index (χ2n) is 5.09. The third-order valence-electron chi connectivity index (χ3n) is 3.21. The Hall–Kier alpha value is -1.48. The van der Waals surface area contributed by atoms with Crippen LogP contribution in [0.4, 0.5) is 17.1 Å². The standard InChI is InChI=1S/C16H19BrN2/c1-10(2)12-5-4-11(3)16(8-12)19-15-7-6-13(17)9-14(15)18/h4-10,19H,18H2,1-3H3. The molecule has 0 aliphatic heterocycles. The third-order valence-corrected chi connectivity index (χ3v) is 3.70. The maximum absolute atomic E-state index is 6.02. The van der Waals surface area contributed by atoms with Gasteiger partial charge in [-0.05, 0) is 48.2 Å². The molecule has 0 amide bonds. The SMILES string of the molecule is Cc1ccc(C(C)C)cc1Nc1ccc(Br)cc1N. The number of anilines is 3. The van der Waals surface area contributed by atoms with E-state index >= 15 is 0 Å². The number of hydrogen-bond donors (Lipinski definition) is 2. The number of nitrogens with two attached hydrogens (primary N) is 1. The molecule has 0 radical (unpaired) electrons. The molecule has 100 valence electrons. The van der Waals surface area contributed by atoms with Gasteiger partial charge in [-0.2, -0.15) is 0 Å². The molecule has 0 bridgehead atoms. The Labute approximate surface area is 123 Å². The lowest BCUT2D eigenvalue weighted by molar-refractivity contribution is 0.866. The van der Waals surface area contributed by atoms with Crippen LogP contribution in [-0.2, 0) is 0 Å². The summed E-state index contributed by atoms with van der Waals surface area (Å²) in [4.78, 5) is 0. The summed E-state index contributed by atoms with van der Waals surface area (Å²) < 4.78 is 0.989. The first-order valence-corrected chi connectivity index (χ1v) is 7.19. The molecule has 0 atom stereocenters. The average molecular weight is 319 g/mol. The third kappa shape index (κ3) is 3.29. The van der Waals surface area contributed by atoms with Gasteiger partial charge >= 0.3 is 0 Å². The van der Waals surface area contributed by atoms with E-state index in [1.54, 1.807) is 0 Å². The molecular weight excluding hydrogens is 300 g/mol. The zero-order valence-corrected chi connectivity index (χ0v) is 13.1. The molecule has 0 spiro atoms. The highest BCUT2D eigenvalue weighted by molar-refractivity contribution is 9.10. The van der Waals surface area contributed by atoms with Crippen molar-refractivity contribution in [1.29, 1.82) is 0 Å². The van der Waals surface area contributed by atoms with Gasteiger partial charge in [0.1, 0.15) is 0 Å². The second-order valence-corrected chi connectivity index (χ2v) is 6.00. The number of aryl methyl sites for hydroxylation is 1. The maximum Gasteiger partial charge on any atom is 0.0618 e. The van der Waals surface area contributed by atoms with Crippen molar-refractivity contribution < 1.29 is 0 Å². The van der Waals surface area contributed by atoms with Crippen molar-refractivity contribution in [2.24, 2.45) is 0 Å². The maximum atomic E-state index is 6.02. The van der Waals surface area contributed by atoms with E-state index in [1.807, 2.05) is 18.2 Å². The van der Waals surface area contributed by atoms with Crippen LogP contribution >= 0.6 is 15.9 Å². The molecule has 2 rings (SSSR count). The van der Waals surface area contributed by atoms with Gasteiger partial charge < -0.3 is 11.1 Å². The van der Waals surface area contributed by atoms with E-state index in [2.05, 4.69) is 60.2 Å². The van der Waals surface area contributed by atoms with Crippen LogP contribution in [-0.4, -0.2) is 0 Å². The Kier molecular flexibility index (Phi) is 4.15. The number of rotatable bonds is 3. The molecule has 0 heterocycles. The molecule has 0 unspecified atom stereocenters. The van der Waals surface area contributed by atoms with Gasteiger partial charge in [-0.25, -0.2) is 0 Å². The van der Waals surface area contributed by atoms with Crippen molar-refractivity contribution in [2.45, 2.75) is 26.7 Å². The number of halogens is 1. The fraction of sp³-hybridized carbons (Fsp3) is 0.250. The number of benzene rings is 2. The predicted octanol–water partition coefficient (Wildman–Crippen LogP) is 5.21. The van der Waals surface area contributed by atoms with E-state index in [4.69, 9.17) is 5.73 Å². The Balaban J connectivity index is 2.34. The highest BCUT2D eigenvalue weighted by Crippen LogP contribution is 2.29. The van der Waals surface area contributed by atoms with Gasteiger partial charge in [0, 0.05) is 10.2 Å². The molecule has 0 aliphatic rings. The molecule has 3 heteroatoms. The Morgan fingerprint density at radius 1 is 1.05 bits per heavy atom. The van der Waals surface area contributed by atoms with Crippen LogP contribution in [0.1, 0.15) is 30.9 Å².